The van der Waals surface area contributed by atoms with Gasteiger partial charge in [-0.25, -0.2) is 14.7 Å². The highest BCUT2D eigenvalue weighted by Crippen LogP contribution is 2.30. The molecule has 21 heavy (non-hydrogen) atoms. The van der Waals surface area contributed by atoms with Crippen molar-refractivity contribution in [3.8, 4) is 0 Å². The molecular weight excluding hydrogens is 272 g/mol. The normalized spacial score (nSPS) is 13.5. The number of aryl methyl sites for hydroxylation is 1. The Morgan fingerprint density at radius 3 is 2.57 bits per heavy atom. The average molecular weight is 282 g/mol. The number of pyridine rings is 1. The second-order valence-corrected chi connectivity index (χ2v) is 4.67. The summed E-state index contributed by atoms with van der Waals surface area (Å²) in [4.78, 5) is 40.6. The molecule has 2 heterocycles. The predicted octanol–water partition coefficient (Wildman–Crippen LogP) is 1.89. The summed E-state index contributed by atoms with van der Waals surface area (Å²) >= 11 is 0. The van der Waals surface area contributed by atoms with Gasteiger partial charge in [0.2, 0.25) is 0 Å². The molecule has 2 amide bonds. The Morgan fingerprint density at radius 1 is 1.14 bits per heavy atom. The zero-order valence-electron chi connectivity index (χ0n) is 11.0. The number of nitrogens with zero attached hydrogens (tertiary/aromatic N) is 2. The number of hydrogen-bond donors (Lipinski definition) is 1. The van der Waals surface area contributed by atoms with Crippen LogP contribution in [0, 0.1) is 6.92 Å². The van der Waals surface area contributed by atoms with Crippen molar-refractivity contribution in [2.24, 2.45) is 0 Å². The van der Waals surface area contributed by atoms with Crippen LogP contribution < -0.4 is 4.90 Å². The molecule has 104 valence electrons. The van der Waals surface area contributed by atoms with Crippen LogP contribution in [0.2, 0.25) is 0 Å². The highest BCUT2D eigenvalue weighted by atomic mass is 16.4. The Kier molecular flexibility index (Phi) is 2.79. The first-order valence-corrected chi connectivity index (χ1v) is 6.18. The lowest BCUT2D eigenvalue weighted by atomic mass is 10.1. The van der Waals surface area contributed by atoms with Crippen molar-refractivity contribution in [3.05, 3.63) is 58.9 Å². The molecule has 0 spiro atoms. The first-order valence-electron chi connectivity index (χ1n) is 6.18. The van der Waals surface area contributed by atoms with Gasteiger partial charge in [-0.3, -0.25) is 9.59 Å². The van der Waals surface area contributed by atoms with Crippen LogP contribution in [0.5, 0.6) is 0 Å². The van der Waals surface area contributed by atoms with E-state index >= 15 is 0 Å². The summed E-state index contributed by atoms with van der Waals surface area (Å²) in [7, 11) is 0. The SMILES string of the molecule is Cc1ccc2c(c1)C(=O)N(c1cccnc1C(=O)O)C2=O. The fourth-order valence-electron chi connectivity index (χ4n) is 2.32. The summed E-state index contributed by atoms with van der Waals surface area (Å²) in [5.41, 5.74) is 1.05. The van der Waals surface area contributed by atoms with Gasteiger partial charge in [0.25, 0.3) is 11.8 Å². The number of carbonyl (C=O) groups excluding carboxylic acids is 2. The molecule has 0 saturated heterocycles. The lowest BCUT2D eigenvalue weighted by molar-refractivity contribution is 0.0691. The fourth-order valence-corrected chi connectivity index (χ4v) is 2.32. The van der Waals surface area contributed by atoms with E-state index in [4.69, 9.17) is 5.11 Å². The third kappa shape index (κ3) is 1.88. The van der Waals surface area contributed by atoms with Gasteiger partial charge in [0.05, 0.1) is 16.8 Å². The van der Waals surface area contributed by atoms with Gasteiger partial charge in [0.15, 0.2) is 5.69 Å². The predicted molar refractivity (Wildman–Crippen MR) is 73.5 cm³/mol. The smallest absolute Gasteiger partial charge is 0.356 e. The quantitative estimate of drug-likeness (QED) is 0.850. The van der Waals surface area contributed by atoms with E-state index in [2.05, 4.69) is 4.98 Å². The number of hydrogen-bond acceptors (Lipinski definition) is 4. The van der Waals surface area contributed by atoms with E-state index in [0.29, 0.717) is 0 Å². The number of aromatic nitrogens is 1. The van der Waals surface area contributed by atoms with E-state index in [-0.39, 0.29) is 22.5 Å². The molecule has 0 saturated carbocycles. The van der Waals surface area contributed by atoms with Crippen molar-refractivity contribution in [2.75, 3.05) is 4.90 Å². The van der Waals surface area contributed by atoms with Crippen LogP contribution in [0.1, 0.15) is 36.8 Å². The van der Waals surface area contributed by atoms with Gasteiger partial charge in [-0.05, 0) is 31.2 Å². The monoisotopic (exact) mass is 282 g/mol. The van der Waals surface area contributed by atoms with Gasteiger partial charge < -0.3 is 5.11 Å². The number of carboxylic acid groups (broad SMARTS) is 1. The third-order valence-electron chi connectivity index (χ3n) is 3.27. The number of carboxylic acids is 1. The molecule has 0 radical (unpaired) electrons. The minimum atomic E-state index is -1.29. The second kappa shape index (κ2) is 4.52. The highest BCUT2D eigenvalue weighted by molar-refractivity contribution is 6.35. The molecular formula is C15H10N2O4. The first-order chi connectivity index (χ1) is 10.0. The number of amides is 2. The summed E-state index contributed by atoms with van der Waals surface area (Å²) < 4.78 is 0. The van der Waals surface area contributed by atoms with E-state index in [1.165, 1.54) is 18.3 Å². The Bertz CT molecular complexity index is 798. The fraction of sp³-hybridized carbons (Fsp3) is 0.0667. The molecule has 0 bridgehead atoms. The maximum absolute atomic E-state index is 12.4. The molecule has 3 rings (SSSR count). The van der Waals surface area contributed by atoms with Gasteiger partial charge in [-0.2, -0.15) is 0 Å². The number of fused-ring (bicyclic) bond motifs is 1. The third-order valence-corrected chi connectivity index (χ3v) is 3.27. The summed E-state index contributed by atoms with van der Waals surface area (Å²) in [6.45, 7) is 1.81. The molecule has 2 aromatic rings. The van der Waals surface area contributed by atoms with E-state index in [1.807, 2.05) is 6.92 Å². The molecule has 1 aliphatic rings. The summed E-state index contributed by atoms with van der Waals surface area (Å²) in [5.74, 6) is -2.36. The van der Waals surface area contributed by atoms with Crippen molar-refractivity contribution in [1.29, 1.82) is 0 Å². The molecule has 1 N–H and O–H groups in total. The standard InChI is InChI=1S/C15H10N2O4/c1-8-4-5-9-10(7-8)14(19)17(13(9)18)11-3-2-6-16-12(11)15(20)21/h2-7H,1H3,(H,20,21). The zero-order chi connectivity index (χ0) is 15.1. The van der Waals surface area contributed by atoms with E-state index in [1.54, 1.807) is 18.2 Å². The lowest BCUT2D eigenvalue weighted by Crippen LogP contribution is -2.31. The first kappa shape index (κ1) is 13.0. The number of anilines is 1. The molecule has 1 aromatic heterocycles. The van der Waals surface area contributed by atoms with Crippen LogP contribution in [-0.2, 0) is 0 Å². The minimum absolute atomic E-state index is 0.0196. The Morgan fingerprint density at radius 2 is 1.86 bits per heavy atom. The number of benzene rings is 1. The Labute approximate surface area is 119 Å². The number of rotatable bonds is 2. The molecule has 1 aromatic carbocycles. The molecule has 0 atom stereocenters. The van der Waals surface area contributed by atoms with Crippen molar-refractivity contribution in [1.82, 2.24) is 4.98 Å². The van der Waals surface area contributed by atoms with Crippen LogP contribution in [0.4, 0.5) is 5.69 Å². The van der Waals surface area contributed by atoms with Crippen LogP contribution in [0.3, 0.4) is 0 Å². The van der Waals surface area contributed by atoms with E-state index in [9.17, 15) is 14.4 Å². The summed E-state index contributed by atoms with van der Waals surface area (Å²) in [6.07, 6.45) is 1.30. The van der Waals surface area contributed by atoms with Crippen molar-refractivity contribution in [3.63, 3.8) is 0 Å². The largest absolute Gasteiger partial charge is 0.476 e. The number of imide groups is 1. The van der Waals surface area contributed by atoms with Gasteiger partial charge in [-0.15, -0.1) is 0 Å². The lowest BCUT2D eigenvalue weighted by Gasteiger charge is -2.15. The van der Waals surface area contributed by atoms with Crippen molar-refractivity contribution in [2.45, 2.75) is 6.92 Å². The van der Waals surface area contributed by atoms with Crippen LogP contribution >= 0.6 is 0 Å². The van der Waals surface area contributed by atoms with Crippen molar-refractivity contribution >= 4 is 23.5 Å². The molecule has 0 aliphatic carbocycles. The second-order valence-electron chi connectivity index (χ2n) is 4.67. The van der Waals surface area contributed by atoms with Gasteiger partial charge in [-0.1, -0.05) is 11.6 Å². The van der Waals surface area contributed by atoms with Crippen LogP contribution in [0.25, 0.3) is 0 Å². The molecule has 6 heteroatoms. The molecule has 1 aliphatic heterocycles. The maximum Gasteiger partial charge on any atom is 0.356 e. The summed E-state index contributed by atoms with van der Waals surface area (Å²) in [6, 6.07) is 7.80. The summed E-state index contributed by atoms with van der Waals surface area (Å²) in [5, 5.41) is 9.15. The van der Waals surface area contributed by atoms with E-state index < -0.39 is 17.8 Å². The van der Waals surface area contributed by atoms with Gasteiger partial charge in [0, 0.05) is 6.20 Å². The topological polar surface area (TPSA) is 87.6 Å². The number of aromatic carboxylic acids is 1. The average Bonchev–Trinajstić information content (AvgIpc) is 2.70. The van der Waals surface area contributed by atoms with Crippen LogP contribution in [0.15, 0.2) is 36.5 Å². The van der Waals surface area contributed by atoms with Gasteiger partial charge in [0.1, 0.15) is 0 Å². The maximum atomic E-state index is 12.4. The number of carbonyl (C=O) groups is 3. The minimum Gasteiger partial charge on any atom is -0.476 e. The van der Waals surface area contributed by atoms with E-state index in [0.717, 1.165) is 10.5 Å². The highest BCUT2D eigenvalue weighted by Gasteiger charge is 2.38. The zero-order valence-corrected chi connectivity index (χ0v) is 11.0. The van der Waals surface area contributed by atoms with Crippen LogP contribution in [-0.4, -0.2) is 27.9 Å². The van der Waals surface area contributed by atoms with Crippen molar-refractivity contribution < 1.29 is 19.5 Å². The Hall–Kier alpha value is -3.02. The Balaban J connectivity index is 2.17. The molecule has 6 nitrogen and oxygen atoms in total. The molecule has 0 unspecified atom stereocenters. The van der Waals surface area contributed by atoms with Gasteiger partial charge >= 0.3 is 5.97 Å². The molecule has 0 fully saturated rings.